The molecule has 2 unspecified atom stereocenters. The summed E-state index contributed by atoms with van der Waals surface area (Å²) in [6.45, 7) is 14.0. The Bertz CT molecular complexity index is 1920. The van der Waals surface area contributed by atoms with Gasteiger partial charge in [0.25, 0.3) is 0 Å². The van der Waals surface area contributed by atoms with Crippen molar-refractivity contribution in [3.63, 3.8) is 0 Å². The number of fused-ring (bicyclic) bond motifs is 2. The van der Waals surface area contributed by atoms with Gasteiger partial charge in [0.1, 0.15) is 0 Å². The van der Waals surface area contributed by atoms with Crippen molar-refractivity contribution in [3.05, 3.63) is 130 Å². The predicted molar refractivity (Wildman–Crippen MR) is 221 cm³/mol. The summed E-state index contributed by atoms with van der Waals surface area (Å²) in [5.41, 5.74) is 15.1. The summed E-state index contributed by atoms with van der Waals surface area (Å²) < 4.78 is 0.222. The molecule has 0 radical (unpaired) electrons. The molecule has 4 aromatic rings. The Morgan fingerprint density at radius 3 is 1.94 bits per heavy atom. The van der Waals surface area contributed by atoms with E-state index in [0.717, 1.165) is 19.3 Å². The summed E-state index contributed by atoms with van der Waals surface area (Å²) in [5, 5.41) is 0. The fourth-order valence-corrected chi connectivity index (χ4v) is 38.9. The quantitative estimate of drug-likeness (QED) is 0.148. The van der Waals surface area contributed by atoms with Crippen molar-refractivity contribution in [2.75, 3.05) is 0 Å². The predicted octanol–water partition coefficient (Wildman–Crippen LogP) is 14.7. The van der Waals surface area contributed by atoms with Gasteiger partial charge in [-0.25, -0.2) is 0 Å². The molecule has 2 atom stereocenters. The third-order valence-electron chi connectivity index (χ3n) is 12.5. The van der Waals surface area contributed by atoms with Crippen molar-refractivity contribution in [1.29, 1.82) is 0 Å². The van der Waals surface area contributed by atoms with Gasteiger partial charge in [-0.1, -0.05) is 0 Å². The average Bonchev–Trinajstić information content (AvgIpc) is 3.74. The molecular weight excluding hydrogens is 743 g/mol. The van der Waals surface area contributed by atoms with E-state index in [1.807, 2.05) is 0 Å². The van der Waals surface area contributed by atoms with E-state index in [4.69, 9.17) is 17.0 Å². The number of hydrogen-bond donors (Lipinski definition) is 0. The molecule has 0 aliphatic heterocycles. The van der Waals surface area contributed by atoms with E-state index in [2.05, 4.69) is 144 Å². The minimum absolute atomic E-state index is 0.0923. The maximum absolute atomic E-state index is 8.59. The molecule has 0 aromatic heterocycles. The number of unbranched alkanes of at least 4 members (excludes halogenated alkanes) is 1. The number of benzene rings is 4. The maximum atomic E-state index is 8.59. The zero-order chi connectivity index (χ0) is 35.3. The van der Waals surface area contributed by atoms with Gasteiger partial charge in [0.05, 0.1) is 0 Å². The second-order valence-electron chi connectivity index (χ2n) is 16.9. The van der Waals surface area contributed by atoms with E-state index < -0.39 is 21.5 Å². The molecule has 0 bridgehead atoms. The molecule has 0 amide bonds. The van der Waals surface area contributed by atoms with Crippen LogP contribution in [-0.4, -0.2) is 5.92 Å². The molecule has 1 saturated carbocycles. The van der Waals surface area contributed by atoms with E-state index in [1.165, 1.54) is 93.3 Å². The summed E-state index contributed by atoms with van der Waals surface area (Å²) in [5.74, 6) is -0.876. The van der Waals surface area contributed by atoms with Gasteiger partial charge in [0.15, 0.2) is 0 Å². The molecule has 0 heterocycles. The number of allylic oxidation sites excluding steroid dienone is 2. The van der Waals surface area contributed by atoms with Crippen LogP contribution >= 0.6 is 17.0 Å². The normalized spacial score (nSPS) is 20.0. The van der Waals surface area contributed by atoms with E-state index >= 15 is 0 Å². The molecule has 3 aliphatic carbocycles. The Morgan fingerprint density at radius 1 is 0.740 bits per heavy atom. The molecule has 4 aromatic carbocycles. The Hall–Kier alpha value is -1.96. The Labute approximate surface area is 311 Å². The third-order valence-corrected chi connectivity index (χ3v) is 64.5. The van der Waals surface area contributed by atoms with E-state index in [-0.39, 0.29) is 12.7 Å². The number of hydrogen-bond acceptors (Lipinski definition) is 0. The topological polar surface area (TPSA) is 0 Å². The molecule has 4 heteroatoms. The molecule has 0 N–H and O–H groups in total. The van der Waals surface area contributed by atoms with Crippen LogP contribution < -0.4 is 0 Å². The number of halogens is 2. The summed E-state index contributed by atoms with van der Waals surface area (Å²) in [6.07, 6.45) is 17.5. The van der Waals surface area contributed by atoms with Crippen molar-refractivity contribution in [3.8, 4) is 22.3 Å². The molecule has 261 valence electrons. The first-order chi connectivity index (χ1) is 23.9. The monoisotopic (exact) mass is 795 g/mol. The Morgan fingerprint density at radius 2 is 1.34 bits per heavy atom. The van der Waals surface area contributed by atoms with E-state index in [0.29, 0.717) is 5.92 Å². The van der Waals surface area contributed by atoms with Crippen molar-refractivity contribution in [1.82, 2.24) is 0 Å². The molecule has 1 fully saturated rings. The van der Waals surface area contributed by atoms with Gasteiger partial charge < -0.3 is 0 Å². The standard InChI is InChI=1S/C25H29.C19H19.C2H7Si.2ClH.Zr/c1-2-3-8-19-17-23-11-7-12-24(25(23)18-19)22-15-13-21(14-16-22)20-9-5-4-6-10-20;1-19(2,3)16-12-10-15(11-13-16)18-9-5-7-14-6-4-8-17(14)18;1-3-2;;;/h7,11-18,20H,2-6,8-10H2,1H3;4-13H,1-3H3;3H,1-2H3;2*1H;/q;;;;;+2/p-2. The van der Waals surface area contributed by atoms with Gasteiger partial charge >= 0.3 is 314 Å². The van der Waals surface area contributed by atoms with Crippen LogP contribution in [0.5, 0.6) is 0 Å². The average molecular weight is 798 g/mol. The first-order valence-electron chi connectivity index (χ1n) is 19.3. The van der Waals surface area contributed by atoms with Crippen molar-refractivity contribution < 1.29 is 15.6 Å². The minimum atomic E-state index is -4.74. The van der Waals surface area contributed by atoms with Gasteiger partial charge in [0.2, 0.25) is 0 Å². The van der Waals surface area contributed by atoms with Gasteiger partial charge in [-0.2, -0.15) is 0 Å². The van der Waals surface area contributed by atoms with Gasteiger partial charge in [0, 0.05) is 0 Å². The van der Waals surface area contributed by atoms with Crippen molar-refractivity contribution in [2.24, 2.45) is 0 Å². The van der Waals surface area contributed by atoms with E-state index in [1.54, 1.807) is 0 Å². The fraction of sp³-hybridized carbons (Fsp3) is 0.391. The summed E-state index contributed by atoms with van der Waals surface area (Å²) in [6, 6.07) is 32.6. The van der Waals surface area contributed by atoms with Crippen molar-refractivity contribution >= 4 is 35.1 Å². The second kappa shape index (κ2) is 14.1. The van der Waals surface area contributed by atoms with Gasteiger partial charge in [-0.15, -0.1) is 0 Å². The van der Waals surface area contributed by atoms with Crippen LogP contribution in [0.25, 0.3) is 34.4 Å². The van der Waals surface area contributed by atoms with Crippen LogP contribution in [0.4, 0.5) is 0 Å². The van der Waals surface area contributed by atoms with Crippen LogP contribution in [0.3, 0.4) is 0 Å². The van der Waals surface area contributed by atoms with E-state index in [9.17, 15) is 0 Å². The summed E-state index contributed by atoms with van der Waals surface area (Å²) >= 11 is -4.74. The van der Waals surface area contributed by atoms with Gasteiger partial charge in [-0.3, -0.25) is 0 Å². The first kappa shape index (κ1) is 36.4. The first-order valence-corrected chi connectivity index (χ1v) is 35.7. The molecule has 0 saturated heterocycles. The number of rotatable bonds is 9. The molecular formula is C46H55Cl2SiZr. The van der Waals surface area contributed by atoms with Crippen LogP contribution in [-0.2, 0) is 21.0 Å². The zero-order valence-corrected chi connectivity index (χ0v) is 36.2. The molecule has 0 spiro atoms. The third kappa shape index (κ3) is 6.37. The molecule has 3 aliphatic rings. The van der Waals surface area contributed by atoms with Crippen LogP contribution in [0.1, 0.15) is 126 Å². The fourth-order valence-electron chi connectivity index (χ4n) is 9.43. The summed E-state index contributed by atoms with van der Waals surface area (Å²) in [4.78, 5) is 0. The Kier molecular flexibility index (Phi) is 10.3. The summed E-state index contributed by atoms with van der Waals surface area (Å²) in [7, 11) is 17.2. The van der Waals surface area contributed by atoms with Crippen LogP contribution in [0, 0.1) is 0 Å². The van der Waals surface area contributed by atoms with Crippen molar-refractivity contribution in [2.45, 2.75) is 111 Å². The molecule has 0 nitrogen and oxygen atoms in total. The van der Waals surface area contributed by atoms with Gasteiger partial charge in [-0.05, 0) is 0 Å². The molecule has 50 heavy (non-hydrogen) atoms. The van der Waals surface area contributed by atoms with Crippen LogP contribution in [0.2, 0.25) is 13.1 Å². The van der Waals surface area contributed by atoms with Crippen LogP contribution in [0.15, 0.2) is 96.6 Å². The SMILES string of the molecule is CCCCC1=Cc2c(-c3ccc(C4CCCCC4)cc3)cccc2[CH]1[Zr]([Cl])([Cl])([CH]1C=Cc2c(-c3ccc(C(C)(C)C)cc3)cccc21)[SiH](C)C. The zero-order valence-electron chi connectivity index (χ0n) is 31.0. The second-order valence-corrected chi connectivity index (χ2v) is 59.5. The Balaban J connectivity index is 1.31. The molecule has 7 rings (SSSR count).